The zero-order valence-electron chi connectivity index (χ0n) is 11.4. The molecule has 0 bridgehead atoms. The summed E-state index contributed by atoms with van der Waals surface area (Å²) in [5.41, 5.74) is 2.76. The fourth-order valence-corrected chi connectivity index (χ4v) is 2.48. The van der Waals surface area contributed by atoms with Gasteiger partial charge in [-0.05, 0) is 45.0 Å². The standard InChI is InChI=1S/C15H14Cl2FNO/c1-8-6-12(15(20)9(2)16)10(3)19(8)11-4-5-13(17)14(18)7-11/h4-7,9H,1-3H3. The molecule has 1 aromatic carbocycles. The molecule has 2 rings (SSSR count). The summed E-state index contributed by atoms with van der Waals surface area (Å²) >= 11 is 11.5. The number of Topliss-reactive ketones (excluding diaryl/α,β-unsaturated/α-hetero) is 1. The normalized spacial score (nSPS) is 12.5. The van der Waals surface area contributed by atoms with Crippen LogP contribution in [0.1, 0.15) is 28.7 Å². The minimum Gasteiger partial charge on any atom is -0.318 e. The average Bonchev–Trinajstić information content (AvgIpc) is 2.67. The molecule has 1 heterocycles. The second-order valence-electron chi connectivity index (χ2n) is 4.70. The first-order chi connectivity index (χ1) is 9.32. The number of halogens is 3. The van der Waals surface area contributed by atoms with E-state index in [-0.39, 0.29) is 10.8 Å². The van der Waals surface area contributed by atoms with E-state index >= 15 is 0 Å². The number of nitrogens with zero attached hydrogens (tertiary/aromatic N) is 1. The zero-order valence-corrected chi connectivity index (χ0v) is 12.9. The molecule has 0 amide bonds. The Bertz CT molecular complexity index is 677. The molecule has 2 aromatic rings. The van der Waals surface area contributed by atoms with Crippen molar-refractivity contribution in [3.63, 3.8) is 0 Å². The highest BCUT2D eigenvalue weighted by Crippen LogP contribution is 2.25. The number of rotatable bonds is 3. The van der Waals surface area contributed by atoms with Crippen molar-refractivity contribution in [2.75, 3.05) is 0 Å². The van der Waals surface area contributed by atoms with E-state index in [1.807, 2.05) is 18.4 Å². The maximum Gasteiger partial charge on any atom is 0.182 e. The van der Waals surface area contributed by atoms with Gasteiger partial charge in [0.15, 0.2) is 5.78 Å². The van der Waals surface area contributed by atoms with Crippen LogP contribution in [0.3, 0.4) is 0 Å². The smallest absolute Gasteiger partial charge is 0.182 e. The fraction of sp³-hybridized carbons (Fsp3) is 0.267. The molecule has 0 fully saturated rings. The van der Waals surface area contributed by atoms with Gasteiger partial charge < -0.3 is 4.57 Å². The maximum absolute atomic E-state index is 13.6. The van der Waals surface area contributed by atoms with Gasteiger partial charge in [-0.3, -0.25) is 4.79 Å². The Hall–Kier alpha value is -1.32. The van der Waals surface area contributed by atoms with Crippen LogP contribution in [0.25, 0.3) is 5.69 Å². The molecule has 106 valence electrons. The lowest BCUT2D eigenvalue weighted by Crippen LogP contribution is -2.11. The van der Waals surface area contributed by atoms with E-state index in [0.29, 0.717) is 11.3 Å². The first-order valence-electron chi connectivity index (χ1n) is 6.15. The third-order valence-electron chi connectivity index (χ3n) is 3.22. The lowest BCUT2D eigenvalue weighted by atomic mass is 10.1. The maximum atomic E-state index is 13.6. The largest absolute Gasteiger partial charge is 0.318 e. The number of ketones is 1. The molecule has 0 spiro atoms. The molecular weight excluding hydrogens is 300 g/mol. The van der Waals surface area contributed by atoms with Gasteiger partial charge in [0.1, 0.15) is 5.82 Å². The number of carbonyl (C=O) groups excluding carboxylic acids is 1. The third-order valence-corrected chi connectivity index (χ3v) is 3.72. The SMILES string of the molecule is Cc1cc(C(=O)C(C)Cl)c(C)n1-c1ccc(Cl)c(F)c1. The Morgan fingerprint density at radius 1 is 1.30 bits per heavy atom. The molecule has 1 atom stereocenters. The first kappa shape index (κ1) is 15.1. The van der Waals surface area contributed by atoms with Crippen LogP contribution in [-0.4, -0.2) is 15.7 Å². The third kappa shape index (κ3) is 2.60. The van der Waals surface area contributed by atoms with E-state index in [0.717, 1.165) is 11.4 Å². The average molecular weight is 314 g/mol. The molecule has 0 aliphatic heterocycles. The van der Waals surface area contributed by atoms with Crippen molar-refractivity contribution in [3.05, 3.63) is 52.1 Å². The first-order valence-corrected chi connectivity index (χ1v) is 6.97. The van der Waals surface area contributed by atoms with Crippen LogP contribution < -0.4 is 0 Å². The lowest BCUT2D eigenvalue weighted by Gasteiger charge is -2.10. The molecule has 20 heavy (non-hydrogen) atoms. The second-order valence-corrected chi connectivity index (χ2v) is 5.76. The summed E-state index contributed by atoms with van der Waals surface area (Å²) < 4.78 is 15.4. The Kier molecular flexibility index (Phi) is 4.21. The van der Waals surface area contributed by atoms with Crippen LogP contribution in [-0.2, 0) is 0 Å². The minimum atomic E-state index is -0.592. The monoisotopic (exact) mass is 313 g/mol. The summed E-state index contributed by atoms with van der Waals surface area (Å²) in [6, 6.07) is 6.32. The zero-order chi connectivity index (χ0) is 15.0. The van der Waals surface area contributed by atoms with E-state index in [1.165, 1.54) is 12.1 Å². The summed E-state index contributed by atoms with van der Waals surface area (Å²) in [4.78, 5) is 12.0. The molecule has 0 radical (unpaired) electrons. The van der Waals surface area contributed by atoms with Crippen molar-refractivity contribution in [2.24, 2.45) is 0 Å². The van der Waals surface area contributed by atoms with Crippen LogP contribution in [0.5, 0.6) is 0 Å². The quantitative estimate of drug-likeness (QED) is 0.595. The summed E-state index contributed by atoms with van der Waals surface area (Å²) in [5.74, 6) is -0.629. The van der Waals surface area contributed by atoms with Gasteiger partial charge >= 0.3 is 0 Å². The van der Waals surface area contributed by atoms with Crippen LogP contribution in [0, 0.1) is 19.7 Å². The molecule has 0 aliphatic carbocycles. The highest BCUT2D eigenvalue weighted by molar-refractivity contribution is 6.33. The molecule has 0 saturated carbocycles. The molecule has 1 unspecified atom stereocenters. The molecule has 1 aromatic heterocycles. The van der Waals surface area contributed by atoms with Crippen molar-refractivity contribution >= 4 is 29.0 Å². The van der Waals surface area contributed by atoms with Gasteiger partial charge in [0, 0.05) is 22.6 Å². The van der Waals surface area contributed by atoms with E-state index in [4.69, 9.17) is 23.2 Å². The van der Waals surface area contributed by atoms with Crippen LogP contribution >= 0.6 is 23.2 Å². The summed E-state index contributed by atoms with van der Waals surface area (Å²) in [6.45, 7) is 5.30. The van der Waals surface area contributed by atoms with E-state index in [1.54, 1.807) is 19.1 Å². The molecule has 0 saturated heterocycles. The predicted octanol–water partition coefficient (Wildman–Crippen LogP) is 4.70. The van der Waals surface area contributed by atoms with Gasteiger partial charge in [0.05, 0.1) is 10.4 Å². The van der Waals surface area contributed by atoms with Gasteiger partial charge in [-0.15, -0.1) is 11.6 Å². The van der Waals surface area contributed by atoms with Gasteiger partial charge in [-0.1, -0.05) is 11.6 Å². The van der Waals surface area contributed by atoms with E-state index in [9.17, 15) is 9.18 Å². The second kappa shape index (κ2) is 5.58. The number of aromatic nitrogens is 1. The van der Waals surface area contributed by atoms with Crippen LogP contribution in [0.2, 0.25) is 5.02 Å². The van der Waals surface area contributed by atoms with Crippen molar-refractivity contribution in [1.82, 2.24) is 4.57 Å². The number of carbonyl (C=O) groups is 1. The molecule has 5 heteroatoms. The molecule has 0 N–H and O–H groups in total. The van der Waals surface area contributed by atoms with Crippen molar-refractivity contribution in [2.45, 2.75) is 26.1 Å². The van der Waals surface area contributed by atoms with Gasteiger partial charge in [0.25, 0.3) is 0 Å². The van der Waals surface area contributed by atoms with Crippen LogP contribution in [0.4, 0.5) is 4.39 Å². The van der Waals surface area contributed by atoms with Gasteiger partial charge in [-0.25, -0.2) is 4.39 Å². The van der Waals surface area contributed by atoms with E-state index < -0.39 is 11.2 Å². The number of benzene rings is 1. The van der Waals surface area contributed by atoms with Crippen LogP contribution in [0.15, 0.2) is 24.3 Å². The van der Waals surface area contributed by atoms with Crippen molar-refractivity contribution in [1.29, 1.82) is 0 Å². The lowest BCUT2D eigenvalue weighted by molar-refractivity contribution is 0.0991. The van der Waals surface area contributed by atoms with Crippen molar-refractivity contribution in [3.8, 4) is 5.69 Å². The Balaban J connectivity index is 2.58. The van der Waals surface area contributed by atoms with Crippen molar-refractivity contribution < 1.29 is 9.18 Å². The molecular formula is C15H14Cl2FNO. The highest BCUT2D eigenvalue weighted by atomic mass is 35.5. The summed E-state index contributed by atoms with van der Waals surface area (Å²) in [5, 5.41) is -0.521. The van der Waals surface area contributed by atoms with Gasteiger partial charge in [-0.2, -0.15) is 0 Å². The molecule has 0 aliphatic rings. The Morgan fingerprint density at radius 2 is 1.95 bits per heavy atom. The predicted molar refractivity (Wildman–Crippen MR) is 79.9 cm³/mol. The number of hydrogen-bond acceptors (Lipinski definition) is 1. The topological polar surface area (TPSA) is 22.0 Å². The Labute approximate surface area is 127 Å². The Morgan fingerprint density at radius 3 is 2.50 bits per heavy atom. The summed E-state index contributed by atoms with van der Waals surface area (Å²) in [7, 11) is 0. The van der Waals surface area contributed by atoms with E-state index in [2.05, 4.69) is 0 Å². The minimum absolute atomic E-state index is 0.0712. The summed E-state index contributed by atoms with van der Waals surface area (Å²) in [6.07, 6.45) is 0. The number of hydrogen-bond donors (Lipinski definition) is 0. The number of aryl methyl sites for hydroxylation is 1. The van der Waals surface area contributed by atoms with Gasteiger partial charge in [0.2, 0.25) is 0 Å². The fourth-order valence-electron chi connectivity index (χ4n) is 2.25. The highest BCUT2D eigenvalue weighted by Gasteiger charge is 2.20. The number of alkyl halides is 1. The molecule has 2 nitrogen and oxygen atoms in total.